The Morgan fingerprint density at radius 3 is 2.48 bits per heavy atom. The zero-order valence-electron chi connectivity index (χ0n) is 16.0. The minimum absolute atomic E-state index is 0.0911. The second kappa shape index (κ2) is 9.70. The largest absolute Gasteiger partial charge is 0.468 e. The lowest BCUT2D eigenvalue weighted by molar-refractivity contribution is -0.154. The van der Waals surface area contributed by atoms with Gasteiger partial charge < -0.3 is 15.4 Å². The van der Waals surface area contributed by atoms with Gasteiger partial charge in [0.05, 0.1) is 5.56 Å². The first kappa shape index (κ1) is 21.8. The Bertz CT molecular complexity index is 1060. The van der Waals surface area contributed by atoms with Crippen molar-refractivity contribution in [1.29, 1.82) is 0 Å². The van der Waals surface area contributed by atoms with Gasteiger partial charge in [0.1, 0.15) is 0 Å². The van der Waals surface area contributed by atoms with E-state index in [1.165, 1.54) is 30.6 Å². The summed E-state index contributed by atoms with van der Waals surface area (Å²) in [6.07, 6.45) is -0.244. The molecule has 0 atom stereocenters. The molecule has 0 saturated heterocycles. The van der Waals surface area contributed by atoms with Crippen LogP contribution in [0.3, 0.4) is 0 Å². The van der Waals surface area contributed by atoms with Gasteiger partial charge in [-0.2, -0.15) is 13.2 Å². The van der Waals surface area contributed by atoms with Crippen molar-refractivity contribution >= 4 is 17.5 Å². The maximum atomic E-state index is 12.5. The zero-order valence-corrected chi connectivity index (χ0v) is 16.0. The molecule has 0 aliphatic rings. The molecule has 160 valence electrons. The molecule has 0 saturated carbocycles. The number of ether oxygens (including phenoxy) is 1. The molecule has 0 aliphatic carbocycles. The van der Waals surface area contributed by atoms with Gasteiger partial charge in [0.2, 0.25) is 5.88 Å². The topological polar surface area (TPSA) is 93.2 Å². The predicted octanol–water partition coefficient (Wildman–Crippen LogP) is 3.60. The van der Waals surface area contributed by atoms with Crippen molar-refractivity contribution in [1.82, 2.24) is 15.3 Å². The Balaban J connectivity index is 1.63. The van der Waals surface area contributed by atoms with Crippen molar-refractivity contribution < 1.29 is 27.5 Å². The predicted molar refractivity (Wildman–Crippen MR) is 106 cm³/mol. The number of anilines is 1. The van der Waals surface area contributed by atoms with E-state index >= 15 is 0 Å². The van der Waals surface area contributed by atoms with Gasteiger partial charge in [0, 0.05) is 41.9 Å². The van der Waals surface area contributed by atoms with E-state index < -0.39 is 18.7 Å². The third kappa shape index (κ3) is 6.53. The van der Waals surface area contributed by atoms with Crippen LogP contribution >= 0.6 is 0 Å². The second-order valence-electron chi connectivity index (χ2n) is 6.33. The summed E-state index contributed by atoms with van der Waals surface area (Å²) in [6.45, 7) is -1.57. The molecular formula is C21H17F3N4O3. The van der Waals surface area contributed by atoms with E-state index in [2.05, 4.69) is 20.6 Å². The summed E-state index contributed by atoms with van der Waals surface area (Å²) >= 11 is 0. The molecule has 0 fully saturated rings. The minimum atomic E-state index is -4.50. The van der Waals surface area contributed by atoms with Gasteiger partial charge in [-0.05, 0) is 36.4 Å². The number of carbonyl (C=O) groups excluding carboxylic acids is 2. The van der Waals surface area contributed by atoms with Crippen LogP contribution in [-0.4, -0.2) is 34.6 Å². The molecule has 2 N–H and O–H groups in total. The first-order chi connectivity index (χ1) is 14.8. The number of nitrogens with one attached hydrogen (secondary N) is 2. The summed E-state index contributed by atoms with van der Waals surface area (Å²) < 4.78 is 41.9. The quantitative estimate of drug-likeness (QED) is 0.598. The van der Waals surface area contributed by atoms with Crippen LogP contribution in [-0.2, 0) is 6.54 Å². The number of amides is 2. The monoisotopic (exact) mass is 430 g/mol. The Hall–Kier alpha value is -3.95. The van der Waals surface area contributed by atoms with E-state index in [9.17, 15) is 22.8 Å². The van der Waals surface area contributed by atoms with E-state index in [1.54, 1.807) is 36.5 Å². The van der Waals surface area contributed by atoms with E-state index in [0.29, 0.717) is 16.8 Å². The lowest BCUT2D eigenvalue weighted by Gasteiger charge is -2.13. The number of benzene rings is 1. The number of halogens is 3. The van der Waals surface area contributed by atoms with Crippen LogP contribution in [0.1, 0.15) is 26.3 Å². The van der Waals surface area contributed by atoms with Gasteiger partial charge in [0.15, 0.2) is 6.61 Å². The van der Waals surface area contributed by atoms with E-state index in [4.69, 9.17) is 4.74 Å². The van der Waals surface area contributed by atoms with Crippen molar-refractivity contribution in [3.8, 4) is 5.88 Å². The first-order valence-electron chi connectivity index (χ1n) is 9.05. The Labute approximate surface area is 175 Å². The molecule has 2 heterocycles. The number of aromatic nitrogens is 2. The summed E-state index contributed by atoms with van der Waals surface area (Å²) in [4.78, 5) is 32.4. The molecule has 0 unspecified atom stereocenters. The van der Waals surface area contributed by atoms with Crippen LogP contribution in [0.4, 0.5) is 18.9 Å². The fourth-order valence-corrected chi connectivity index (χ4v) is 2.55. The maximum absolute atomic E-state index is 12.5. The van der Waals surface area contributed by atoms with Gasteiger partial charge in [-0.15, -0.1) is 0 Å². The van der Waals surface area contributed by atoms with Crippen LogP contribution in [0, 0.1) is 0 Å². The molecule has 2 amide bonds. The number of nitrogens with zero attached hydrogens (tertiary/aromatic N) is 2. The average molecular weight is 430 g/mol. The van der Waals surface area contributed by atoms with Gasteiger partial charge in [-0.25, -0.2) is 4.98 Å². The standard InChI is InChI=1S/C21H17F3N4O3/c22-21(23,24)13-31-20-16(6-3-9-26-20)12-27-18(29)14-4-1-7-17(10-14)28-19(30)15-5-2-8-25-11-15/h1-11H,12-13H2,(H,27,29)(H,28,30). The van der Waals surface area contributed by atoms with Crippen molar-refractivity contribution in [3.05, 3.63) is 83.8 Å². The third-order valence-electron chi connectivity index (χ3n) is 3.97. The summed E-state index contributed by atoms with van der Waals surface area (Å²) in [5, 5.41) is 5.27. The van der Waals surface area contributed by atoms with Crippen molar-refractivity contribution in [2.75, 3.05) is 11.9 Å². The molecule has 2 aromatic heterocycles. The fourth-order valence-electron chi connectivity index (χ4n) is 2.55. The Kier molecular flexibility index (Phi) is 6.81. The van der Waals surface area contributed by atoms with E-state index in [0.717, 1.165) is 0 Å². The van der Waals surface area contributed by atoms with Crippen molar-refractivity contribution in [3.63, 3.8) is 0 Å². The third-order valence-corrected chi connectivity index (χ3v) is 3.97. The Morgan fingerprint density at radius 2 is 1.74 bits per heavy atom. The molecule has 0 spiro atoms. The Morgan fingerprint density at radius 1 is 0.968 bits per heavy atom. The highest BCUT2D eigenvalue weighted by atomic mass is 19.4. The minimum Gasteiger partial charge on any atom is -0.468 e. The number of hydrogen-bond acceptors (Lipinski definition) is 5. The molecule has 10 heteroatoms. The zero-order chi connectivity index (χ0) is 22.3. The second-order valence-corrected chi connectivity index (χ2v) is 6.33. The van der Waals surface area contributed by atoms with E-state index in [1.807, 2.05) is 0 Å². The van der Waals surface area contributed by atoms with Crippen LogP contribution < -0.4 is 15.4 Å². The number of hydrogen-bond donors (Lipinski definition) is 2. The van der Waals surface area contributed by atoms with Gasteiger partial charge in [-0.1, -0.05) is 12.1 Å². The van der Waals surface area contributed by atoms with Crippen LogP contribution in [0.15, 0.2) is 67.1 Å². The molecule has 3 rings (SSSR count). The molecule has 0 aliphatic heterocycles. The van der Waals surface area contributed by atoms with E-state index in [-0.39, 0.29) is 23.9 Å². The van der Waals surface area contributed by atoms with Crippen molar-refractivity contribution in [2.24, 2.45) is 0 Å². The van der Waals surface area contributed by atoms with Crippen LogP contribution in [0.25, 0.3) is 0 Å². The molecular weight excluding hydrogens is 413 g/mol. The lowest BCUT2D eigenvalue weighted by atomic mass is 10.1. The average Bonchev–Trinajstić information content (AvgIpc) is 2.77. The lowest BCUT2D eigenvalue weighted by Crippen LogP contribution is -2.24. The van der Waals surface area contributed by atoms with Crippen LogP contribution in [0.5, 0.6) is 5.88 Å². The van der Waals surface area contributed by atoms with Crippen LogP contribution in [0.2, 0.25) is 0 Å². The molecule has 7 nitrogen and oxygen atoms in total. The number of carbonyl (C=O) groups is 2. The highest BCUT2D eigenvalue weighted by Gasteiger charge is 2.29. The number of alkyl halides is 3. The molecule has 3 aromatic rings. The van der Waals surface area contributed by atoms with Crippen molar-refractivity contribution in [2.45, 2.75) is 12.7 Å². The molecule has 31 heavy (non-hydrogen) atoms. The van der Waals surface area contributed by atoms with Gasteiger partial charge >= 0.3 is 6.18 Å². The summed E-state index contributed by atoms with van der Waals surface area (Å²) in [6, 6.07) is 12.5. The van der Waals surface area contributed by atoms with Gasteiger partial charge in [0.25, 0.3) is 11.8 Å². The maximum Gasteiger partial charge on any atom is 0.422 e. The van der Waals surface area contributed by atoms with Gasteiger partial charge in [-0.3, -0.25) is 14.6 Å². The summed E-state index contributed by atoms with van der Waals surface area (Å²) in [7, 11) is 0. The number of pyridine rings is 2. The molecule has 1 aromatic carbocycles. The smallest absolute Gasteiger partial charge is 0.422 e. The summed E-state index contributed by atoms with van der Waals surface area (Å²) in [5.41, 5.74) is 1.31. The molecule has 0 radical (unpaired) electrons. The number of rotatable bonds is 7. The molecule has 0 bridgehead atoms. The highest BCUT2D eigenvalue weighted by molar-refractivity contribution is 6.04. The SMILES string of the molecule is O=C(NCc1cccnc1OCC(F)(F)F)c1cccc(NC(=O)c2cccnc2)c1. The first-order valence-corrected chi connectivity index (χ1v) is 9.05. The normalized spacial score (nSPS) is 10.9. The highest BCUT2D eigenvalue weighted by Crippen LogP contribution is 2.20. The fraction of sp³-hybridized carbons (Fsp3) is 0.143. The summed E-state index contributed by atoms with van der Waals surface area (Å²) in [5.74, 6) is -1.08.